The number of nitrogens with zero attached hydrogens (tertiary/aromatic N) is 1. The number of nitrogens with one attached hydrogen (secondary N) is 1. The number of anilines is 1. The minimum Gasteiger partial charge on any atom is -0.494 e. The van der Waals surface area contributed by atoms with Crippen molar-refractivity contribution in [2.75, 3.05) is 17.7 Å². The number of rotatable bonds is 7. The average molecular weight is 449 g/mol. The molecule has 3 rings (SSSR count). The molecule has 0 fully saturated rings. The van der Waals surface area contributed by atoms with Crippen LogP contribution in [0, 0.1) is 0 Å². The Labute approximate surface area is 169 Å². The van der Waals surface area contributed by atoms with Gasteiger partial charge in [0.2, 0.25) is 5.91 Å². The second-order valence-corrected chi connectivity index (χ2v) is 8.30. The lowest BCUT2D eigenvalue weighted by atomic mass is 10.2. The fourth-order valence-corrected chi connectivity index (χ4v) is 4.10. The molecule has 3 aromatic rings. The molecule has 134 valence electrons. The molecule has 0 aliphatic rings. The van der Waals surface area contributed by atoms with Crippen LogP contribution in [-0.4, -0.2) is 23.3 Å². The van der Waals surface area contributed by atoms with Crippen LogP contribution < -0.4 is 10.1 Å². The smallest absolute Gasteiger partial charge is 0.234 e. The Bertz CT molecular complexity index is 864. The van der Waals surface area contributed by atoms with E-state index in [1.165, 1.54) is 11.8 Å². The Morgan fingerprint density at radius 1 is 1.19 bits per heavy atom. The molecule has 0 spiro atoms. The zero-order chi connectivity index (χ0) is 18.4. The first-order valence-corrected chi connectivity index (χ1v) is 10.7. The molecule has 0 aliphatic carbocycles. The maximum atomic E-state index is 12.1. The van der Waals surface area contributed by atoms with Gasteiger partial charge in [-0.25, -0.2) is 4.98 Å². The van der Waals surface area contributed by atoms with Crippen molar-refractivity contribution in [2.24, 2.45) is 0 Å². The number of thiazole rings is 1. The molecular weight excluding hydrogens is 432 g/mol. The predicted octanol–water partition coefficient (Wildman–Crippen LogP) is 5.70. The Hall–Kier alpha value is -1.83. The van der Waals surface area contributed by atoms with E-state index in [0.29, 0.717) is 12.4 Å². The molecule has 26 heavy (non-hydrogen) atoms. The zero-order valence-corrected chi connectivity index (χ0v) is 17.3. The molecule has 1 amide bonds. The Kier molecular flexibility index (Phi) is 6.71. The molecule has 0 radical (unpaired) electrons. The predicted molar refractivity (Wildman–Crippen MR) is 112 cm³/mol. The number of thioether (sulfide) groups is 1. The third-order valence-electron chi connectivity index (χ3n) is 3.40. The molecule has 0 unspecified atom stereocenters. The summed E-state index contributed by atoms with van der Waals surface area (Å²) in [6.07, 6.45) is 0. The van der Waals surface area contributed by atoms with Crippen LogP contribution in [0.3, 0.4) is 0 Å². The molecule has 1 N–H and O–H groups in total. The van der Waals surface area contributed by atoms with Crippen molar-refractivity contribution < 1.29 is 9.53 Å². The Morgan fingerprint density at radius 2 is 1.92 bits per heavy atom. The first kappa shape index (κ1) is 18.9. The number of aromatic nitrogens is 1. The quantitative estimate of drug-likeness (QED) is 0.470. The van der Waals surface area contributed by atoms with Gasteiger partial charge >= 0.3 is 0 Å². The van der Waals surface area contributed by atoms with Crippen molar-refractivity contribution in [3.05, 3.63) is 58.4 Å². The lowest BCUT2D eigenvalue weighted by Gasteiger charge is -2.06. The van der Waals surface area contributed by atoms with E-state index in [4.69, 9.17) is 4.74 Å². The summed E-state index contributed by atoms with van der Waals surface area (Å²) >= 11 is 6.42. The molecule has 2 aromatic carbocycles. The van der Waals surface area contributed by atoms with Crippen molar-refractivity contribution in [1.82, 2.24) is 4.98 Å². The van der Waals surface area contributed by atoms with Gasteiger partial charge in [0.05, 0.1) is 18.1 Å². The normalized spacial score (nSPS) is 10.5. The lowest BCUT2D eigenvalue weighted by Crippen LogP contribution is -2.13. The molecule has 0 saturated carbocycles. The SMILES string of the molecule is CCOc1ccc(NC(=O)CSc2nc(-c3ccc(Br)cc3)cs2)cc1. The summed E-state index contributed by atoms with van der Waals surface area (Å²) in [5.74, 6) is 1.06. The van der Waals surface area contributed by atoms with Gasteiger partial charge in [0.25, 0.3) is 0 Å². The minimum absolute atomic E-state index is 0.0560. The van der Waals surface area contributed by atoms with Crippen LogP contribution in [-0.2, 0) is 4.79 Å². The summed E-state index contributed by atoms with van der Waals surface area (Å²) in [5, 5.41) is 4.89. The van der Waals surface area contributed by atoms with Gasteiger partial charge in [-0.2, -0.15) is 0 Å². The fourth-order valence-electron chi connectivity index (χ4n) is 2.20. The number of halogens is 1. The molecule has 1 heterocycles. The molecule has 0 saturated heterocycles. The van der Waals surface area contributed by atoms with E-state index >= 15 is 0 Å². The summed E-state index contributed by atoms with van der Waals surface area (Å²) in [7, 11) is 0. The van der Waals surface area contributed by atoms with Gasteiger partial charge in [-0.1, -0.05) is 39.8 Å². The first-order valence-electron chi connectivity index (χ1n) is 8.01. The summed E-state index contributed by atoms with van der Waals surface area (Å²) in [6, 6.07) is 15.4. The van der Waals surface area contributed by atoms with E-state index in [0.717, 1.165) is 31.5 Å². The number of ether oxygens (including phenoxy) is 1. The third kappa shape index (κ3) is 5.33. The van der Waals surface area contributed by atoms with Crippen LogP contribution in [0.2, 0.25) is 0 Å². The highest BCUT2D eigenvalue weighted by Crippen LogP contribution is 2.29. The highest BCUT2D eigenvalue weighted by atomic mass is 79.9. The van der Waals surface area contributed by atoms with Crippen LogP contribution in [0.5, 0.6) is 5.75 Å². The molecule has 7 heteroatoms. The summed E-state index contributed by atoms with van der Waals surface area (Å²) in [6.45, 7) is 2.56. The van der Waals surface area contributed by atoms with Crippen LogP contribution in [0.1, 0.15) is 6.92 Å². The van der Waals surface area contributed by atoms with Gasteiger partial charge in [0.1, 0.15) is 5.75 Å². The molecule has 0 bridgehead atoms. The van der Waals surface area contributed by atoms with Crippen LogP contribution in [0.25, 0.3) is 11.3 Å². The second-order valence-electron chi connectivity index (χ2n) is 5.30. The van der Waals surface area contributed by atoms with Gasteiger partial charge in [-0.3, -0.25) is 4.79 Å². The molecule has 4 nitrogen and oxygen atoms in total. The number of carbonyl (C=O) groups is 1. The van der Waals surface area contributed by atoms with Crippen molar-refractivity contribution in [2.45, 2.75) is 11.3 Å². The summed E-state index contributed by atoms with van der Waals surface area (Å²) < 4.78 is 7.31. The van der Waals surface area contributed by atoms with E-state index in [2.05, 4.69) is 26.2 Å². The standard InChI is InChI=1S/C19H17BrN2O2S2/c1-2-24-16-9-7-15(8-10-16)21-18(23)12-26-19-22-17(11-25-19)13-3-5-14(20)6-4-13/h3-11H,2,12H2,1H3,(H,21,23). The van der Waals surface area contributed by atoms with Gasteiger partial charge in [-0.05, 0) is 43.3 Å². The van der Waals surface area contributed by atoms with Gasteiger partial charge in [-0.15, -0.1) is 11.3 Å². The highest BCUT2D eigenvalue weighted by molar-refractivity contribution is 9.10. The molecule has 0 atom stereocenters. The van der Waals surface area contributed by atoms with Gasteiger partial charge in [0.15, 0.2) is 4.34 Å². The zero-order valence-electron chi connectivity index (χ0n) is 14.1. The van der Waals surface area contributed by atoms with Crippen molar-refractivity contribution >= 4 is 50.6 Å². The second kappa shape index (κ2) is 9.21. The topological polar surface area (TPSA) is 51.2 Å². The number of hydrogen-bond acceptors (Lipinski definition) is 5. The van der Waals surface area contributed by atoms with Gasteiger partial charge < -0.3 is 10.1 Å². The van der Waals surface area contributed by atoms with E-state index in [1.54, 1.807) is 11.3 Å². The number of hydrogen-bond donors (Lipinski definition) is 1. The van der Waals surface area contributed by atoms with E-state index < -0.39 is 0 Å². The monoisotopic (exact) mass is 448 g/mol. The summed E-state index contributed by atoms with van der Waals surface area (Å²) in [4.78, 5) is 16.7. The van der Waals surface area contributed by atoms with Crippen LogP contribution in [0.4, 0.5) is 5.69 Å². The number of amides is 1. The average Bonchev–Trinajstić information content (AvgIpc) is 3.11. The van der Waals surface area contributed by atoms with E-state index in [1.807, 2.05) is 60.8 Å². The largest absolute Gasteiger partial charge is 0.494 e. The first-order chi connectivity index (χ1) is 12.6. The highest BCUT2D eigenvalue weighted by Gasteiger charge is 2.09. The van der Waals surface area contributed by atoms with E-state index in [-0.39, 0.29) is 5.91 Å². The van der Waals surface area contributed by atoms with Crippen molar-refractivity contribution in [3.63, 3.8) is 0 Å². The molecule has 0 aliphatic heterocycles. The van der Waals surface area contributed by atoms with Crippen LogP contribution in [0.15, 0.2) is 62.7 Å². The Morgan fingerprint density at radius 3 is 2.62 bits per heavy atom. The van der Waals surface area contributed by atoms with Crippen molar-refractivity contribution in [3.8, 4) is 17.0 Å². The maximum absolute atomic E-state index is 12.1. The summed E-state index contributed by atoms with van der Waals surface area (Å²) in [5.41, 5.74) is 2.75. The lowest BCUT2D eigenvalue weighted by molar-refractivity contribution is -0.113. The van der Waals surface area contributed by atoms with Crippen LogP contribution >= 0.6 is 39.0 Å². The Balaban J connectivity index is 1.52. The molecular formula is C19H17BrN2O2S2. The minimum atomic E-state index is -0.0560. The maximum Gasteiger partial charge on any atom is 0.234 e. The number of benzene rings is 2. The molecule has 1 aromatic heterocycles. The fraction of sp³-hybridized carbons (Fsp3) is 0.158. The number of carbonyl (C=O) groups excluding carboxylic acids is 1. The van der Waals surface area contributed by atoms with Gasteiger partial charge in [0, 0.05) is 21.1 Å². The third-order valence-corrected chi connectivity index (χ3v) is 5.95. The van der Waals surface area contributed by atoms with Crippen molar-refractivity contribution in [1.29, 1.82) is 0 Å². The van der Waals surface area contributed by atoms with E-state index in [9.17, 15) is 4.79 Å².